The molecule has 0 aromatic carbocycles. The number of aliphatic hydroxyl groups excluding tert-OH is 3. The minimum absolute atomic E-state index is 0.108. The highest BCUT2D eigenvalue weighted by Gasteiger charge is 2.40. The molecule has 1 heterocycles. The molecule has 0 fully saturated rings. The number of rotatable bonds is 5. The zero-order valence-electron chi connectivity index (χ0n) is 8.34. The predicted molar refractivity (Wildman–Crippen MR) is 48.9 cm³/mol. The average Bonchev–Trinajstić information content (AvgIpc) is 2.52. The highest BCUT2D eigenvalue weighted by molar-refractivity contribution is 5.89. The van der Waals surface area contributed by atoms with Crippen LogP contribution in [0.5, 0.6) is 0 Å². The monoisotopic (exact) mass is 218 g/mol. The number of cyclic esters (lactones) is 1. The van der Waals surface area contributed by atoms with Gasteiger partial charge in [-0.1, -0.05) is 6.92 Å². The van der Waals surface area contributed by atoms with Gasteiger partial charge in [-0.2, -0.15) is 0 Å². The van der Waals surface area contributed by atoms with E-state index < -0.39 is 30.5 Å². The molecule has 0 saturated heterocycles. The van der Waals surface area contributed by atoms with Crippen LogP contribution >= 0.6 is 0 Å². The smallest absolute Gasteiger partial charge is 0.378 e. The zero-order valence-corrected chi connectivity index (χ0v) is 8.34. The van der Waals surface area contributed by atoms with Crippen LogP contribution in [0.15, 0.2) is 11.5 Å². The molecule has 1 rings (SSSR count). The van der Waals surface area contributed by atoms with Crippen LogP contribution in [0.2, 0.25) is 0 Å². The summed E-state index contributed by atoms with van der Waals surface area (Å²) in [6.45, 7) is 1.57. The second-order valence-corrected chi connectivity index (χ2v) is 3.14. The third-order valence-electron chi connectivity index (χ3n) is 1.92. The zero-order chi connectivity index (χ0) is 11.4. The van der Waals surface area contributed by atoms with Crippen molar-refractivity contribution in [2.24, 2.45) is 0 Å². The Balaban J connectivity index is 2.77. The molecule has 0 amide bonds. The van der Waals surface area contributed by atoms with Gasteiger partial charge in [0.1, 0.15) is 6.10 Å². The quantitative estimate of drug-likeness (QED) is 0.536. The van der Waals surface area contributed by atoms with Crippen molar-refractivity contribution >= 4 is 5.97 Å². The summed E-state index contributed by atoms with van der Waals surface area (Å²) in [5.74, 6) is -1.69. The van der Waals surface area contributed by atoms with Gasteiger partial charge >= 0.3 is 5.97 Å². The van der Waals surface area contributed by atoms with Crippen LogP contribution in [0.25, 0.3) is 0 Å². The van der Waals surface area contributed by atoms with Crippen molar-refractivity contribution in [2.75, 3.05) is 13.2 Å². The van der Waals surface area contributed by atoms with Crippen LogP contribution in [0.3, 0.4) is 0 Å². The lowest BCUT2D eigenvalue weighted by Gasteiger charge is -2.17. The Bertz CT molecular complexity index is 272. The van der Waals surface area contributed by atoms with E-state index in [0.29, 0.717) is 13.0 Å². The molecular formula is C9H14O6. The number of carbonyl (C=O) groups is 1. The molecule has 0 radical (unpaired) electrons. The molecule has 0 bridgehead atoms. The molecule has 6 heteroatoms. The van der Waals surface area contributed by atoms with E-state index in [1.165, 1.54) is 0 Å². The summed E-state index contributed by atoms with van der Waals surface area (Å²) in [6, 6.07) is 0. The molecule has 3 N–H and O–H groups in total. The number of hydrogen-bond acceptors (Lipinski definition) is 6. The molecule has 0 spiro atoms. The first-order valence-corrected chi connectivity index (χ1v) is 4.67. The molecule has 2 atom stereocenters. The third-order valence-corrected chi connectivity index (χ3v) is 1.92. The van der Waals surface area contributed by atoms with E-state index in [1.54, 1.807) is 0 Å². The molecule has 0 saturated carbocycles. The summed E-state index contributed by atoms with van der Waals surface area (Å²) in [7, 11) is 0. The summed E-state index contributed by atoms with van der Waals surface area (Å²) in [4.78, 5) is 11.0. The van der Waals surface area contributed by atoms with E-state index in [1.807, 2.05) is 6.92 Å². The number of carbonyl (C=O) groups excluding carboxylic acids is 1. The van der Waals surface area contributed by atoms with E-state index >= 15 is 0 Å². The lowest BCUT2D eigenvalue weighted by atomic mass is 10.2. The van der Waals surface area contributed by atoms with Gasteiger partial charge in [-0.3, -0.25) is 0 Å². The van der Waals surface area contributed by atoms with Crippen LogP contribution in [0.4, 0.5) is 0 Å². The SMILES string of the molecule is CCCOC1=C(O)C(=O)O[C@@H]1[C@@H](O)CO. The van der Waals surface area contributed by atoms with E-state index in [4.69, 9.17) is 9.84 Å². The van der Waals surface area contributed by atoms with Gasteiger partial charge in [-0.05, 0) is 6.42 Å². The molecule has 0 aromatic heterocycles. The largest absolute Gasteiger partial charge is 0.499 e. The Morgan fingerprint density at radius 3 is 2.80 bits per heavy atom. The topological polar surface area (TPSA) is 96.2 Å². The first-order valence-electron chi connectivity index (χ1n) is 4.67. The Labute approximate surface area is 86.7 Å². The van der Waals surface area contributed by atoms with E-state index in [9.17, 15) is 15.0 Å². The molecule has 1 aliphatic rings. The van der Waals surface area contributed by atoms with Crippen molar-refractivity contribution in [1.29, 1.82) is 0 Å². The van der Waals surface area contributed by atoms with Crippen molar-refractivity contribution in [3.05, 3.63) is 11.5 Å². The van der Waals surface area contributed by atoms with Crippen molar-refractivity contribution in [3.8, 4) is 0 Å². The minimum Gasteiger partial charge on any atom is -0.499 e. The normalized spacial score (nSPS) is 22.9. The molecule has 6 nitrogen and oxygen atoms in total. The van der Waals surface area contributed by atoms with Gasteiger partial charge in [0, 0.05) is 0 Å². The maximum Gasteiger partial charge on any atom is 0.378 e. The third kappa shape index (κ3) is 2.40. The Morgan fingerprint density at radius 2 is 2.27 bits per heavy atom. The highest BCUT2D eigenvalue weighted by atomic mass is 16.6. The van der Waals surface area contributed by atoms with Gasteiger partial charge < -0.3 is 24.8 Å². The average molecular weight is 218 g/mol. The maximum atomic E-state index is 11.0. The van der Waals surface area contributed by atoms with Crippen molar-refractivity contribution in [2.45, 2.75) is 25.6 Å². The van der Waals surface area contributed by atoms with Gasteiger partial charge in [-0.25, -0.2) is 4.79 Å². The van der Waals surface area contributed by atoms with Gasteiger partial charge in [0.15, 0.2) is 11.9 Å². The molecule has 0 aliphatic carbocycles. The summed E-state index contributed by atoms with van der Waals surface area (Å²) >= 11 is 0. The number of aliphatic hydroxyl groups is 3. The molecule has 0 unspecified atom stereocenters. The van der Waals surface area contributed by atoms with Crippen LogP contribution in [-0.2, 0) is 14.3 Å². The highest BCUT2D eigenvalue weighted by Crippen LogP contribution is 2.24. The number of hydrogen-bond donors (Lipinski definition) is 3. The Hall–Kier alpha value is -1.27. The fourth-order valence-corrected chi connectivity index (χ4v) is 1.17. The second kappa shape index (κ2) is 4.99. The number of ether oxygens (including phenoxy) is 2. The maximum absolute atomic E-state index is 11.0. The van der Waals surface area contributed by atoms with Gasteiger partial charge in [0.2, 0.25) is 5.76 Å². The molecule has 1 aliphatic heterocycles. The predicted octanol–water partition coefficient (Wildman–Crippen LogP) is -0.539. The van der Waals surface area contributed by atoms with Crippen molar-refractivity contribution in [1.82, 2.24) is 0 Å². The fraction of sp³-hybridized carbons (Fsp3) is 0.667. The molecule has 0 aromatic rings. The van der Waals surface area contributed by atoms with E-state index in [2.05, 4.69) is 4.74 Å². The summed E-state index contributed by atoms with van der Waals surface area (Å²) in [6.07, 6.45) is -1.72. The molecule has 15 heavy (non-hydrogen) atoms. The lowest BCUT2D eigenvalue weighted by molar-refractivity contribution is -0.148. The van der Waals surface area contributed by atoms with Gasteiger partial charge in [0.25, 0.3) is 0 Å². The van der Waals surface area contributed by atoms with Gasteiger partial charge in [0.05, 0.1) is 13.2 Å². The number of esters is 1. The standard InChI is InChI=1S/C9H14O6/c1-2-3-14-8-6(12)9(13)15-7(8)5(11)4-10/h5,7,10-12H,2-4H2,1H3/t5-,7+/m0/s1. The van der Waals surface area contributed by atoms with Crippen LogP contribution in [-0.4, -0.2) is 46.7 Å². The lowest BCUT2D eigenvalue weighted by Crippen LogP contribution is -2.32. The Morgan fingerprint density at radius 1 is 1.60 bits per heavy atom. The van der Waals surface area contributed by atoms with Gasteiger partial charge in [-0.15, -0.1) is 0 Å². The first-order chi connectivity index (χ1) is 7.11. The molecule has 86 valence electrons. The van der Waals surface area contributed by atoms with Crippen LogP contribution in [0.1, 0.15) is 13.3 Å². The minimum atomic E-state index is -1.29. The van der Waals surface area contributed by atoms with E-state index in [-0.39, 0.29) is 5.76 Å². The summed E-state index contributed by atoms with van der Waals surface area (Å²) in [5, 5.41) is 27.3. The summed E-state index contributed by atoms with van der Waals surface area (Å²) in [5.41, 5.74) is 0. The fourth-order valence-electron chi connectivity index (χ4n) is 1.17. The molecular weight excluding hydrogens is 204 g/mol. The first kappa shape index (κ1) is 11.8. The summed E-state index contributed by atoms with van der Waals surface area (Å²) < 4.78 is 9.72. The van der Waals surface area contributed by atoms with E-state index in [0.717, 1.165) is 0 Å². The Kier molecular flexibility index (Phi) is 3.93. The van der Waals surface area contributed by atoms with Crippen LogP contribution in [0, 0.1) is 0 Å². The van der Waals surface area contributed by atoms with Crippen molar-refractivity contribution < 1.29 is 29.6 Å². The van der Waals surface area contributed by atoms with Crippen LogP contribution < -0.4 is 0 Å². The van der Waals surface area contributed by atoms with Crippen molar-refractivity contribution in [3.63, 3.8) is 0 Å². The second-order valence-electron chi connectivity index (χ2n) is 3.14.